The molecule has 0 spiro atoms. The van der Waals surface area contributed by atoms with Gasteiger partial charge in [0.25, 0.3) is 5.91 Å². The number of carbonyl (C=O) groups excluding carboxylic acids is 2. The molecular formula is C22H29N3O3. The molecule has 0 unspecified atom stereocenters. The monoisotopic (exact) mass is 383 g/mol. The van der Waals surface area contributed by atoms with Crippen LogP contribution in [0.5, 0.6) is 5.75 Å². The van der Waals surface area contributed by atoms with Crippen LogP contribution in [0.2, 0.25) is 0 Å². The smallest absolute Gasteiger partial charge is 0.319 e. The Balaban J connectivity index is 1.90. The normalized spacial score (nSPS) is 10.7. The van der Waals surface area contributed by atoms with Crippen molar-refractivity contribution in [2.45, 2.75) is 46.6 Å². The number of hydrogen-bond acceptors (Lipinski definition) is 3. The van der Waals surface area contributed by atoms with Gasteiger partial charge in [-0.2, -0.15) is 0 Å². The number of nitrogens with one attached hydrogen (secondary N) is 3. The van der Waals surface area contributed by atoms with Gasteiger partial charge in [-0.3, -0.25) is 4.79 Å². The minimum Gasteiger partial charge on any atom is -0.483 e. The van der Waals surface area contributed by atoms with Crippen LogP contribution in [0.1, 0.15) is 44.7 Å². The van der Waals surface area contributed by atoms with E-state index in [0.29, 0.717) is 17.3 Å². The van der Waals surface area contributed by atoms with Gasteiger partial charge in [0.05, 0.1) is 0 Å². The number of amides is 3. The summed E-state index contributed by atoms with van der Waals surface area (Å²) < 4.78 is 5.75. The molecule has 0 atom stereocenters. The van der Waals surface area contributed by atoms with E-state index in [2.05, 4.69) is 29.8 Å². The van der Waals surface area contributed by atoms with Gasteiger partial charge in [-0.05, 0) is 68.1 Å². The average Bonchev–Trinajstić information content (AvgIpc) is 2.60. The van der Waals surface area contributed by atoms with E-state index in [4.69, 9.17) is 4.74 Å². The molecule has 3 N–H and O–H groups in total. The third-order valence-corrected chi connectivity index (χ3v) is 4.00. The Kier molecular flexibility index (Phi) is 7.44. The van der Waals surface area contributed by atoms with E-state index in [1.165, 1.54) is 0 Å². The summed E-state index contributed by atoms with van der Waals surface area (Å²) in [7, 11) is 0. The molecule has 6 nitrogen and oxygen atoms in total. The lowest BCUT2D eigenvalue weighted by Crippen LogP contribution is -2.34. The Hall–Kier alpha value is -3.02. The zero-order chi connectivity index (χ0) is 20.7. The van der Waals surface area contributed by atoms with Crippen molar-refractivity contribution in [2.24, 2.45) is 0 Å². The van der Waals surface area contributed by atoms with Crippen LogP contribution in [0.3, 0.4) is 0 Å². The highest BCUT2D eigenvalue weighted by molar-refractivity contribution is 5.93. The molecule has 150 valence electrons. The second-order valence-electron chi connectivity index (χ2n) is 7.36. The number of carbonyl (C=O) groups is 2. The van der Waals surface area contributed by atoms with E-state index in [1.807, 2.05) is 39.0 Å². The molecule has 3 amide bonds. The van der Waals surface area contributed by atoms with Crippen molar-refractivity contribution < 1.29 is 14.3 Å². The van der Waals surface area contributed by atoms with Crippen LogP contribution < -0.4 is 20.7 Å². The molecule has 6 heteroatoms. The number of anilines is 2. The second-order valence-corrected chi connectivity index (χ2v) is 7.36. The van der Waals surface area contributed by atoms with Gasteiger partial charge in [0.1, 0.15) is 5.75 Å². The number of aryl methyl sites for hydroxylation is 1. The number of urea groups is 1. The molecule has 0 saturated carbocycles. The fourth-order valence-electron chi connectivity index (χ4n) is 2.65. The van der Waals surface area contributed by atoms with Crippen LogP contribution in [0.15, 0.2) is 42.5 Å². The van der Waals surface area contributed by atoms with Crippen molar-refractivity contribution in [1.29, 1.82) is 0 Å². The Labute approximate surface area is 166 Å². The Morgan fingerprint density at radius 1 is 0.929 bits per heavy atom. The SMILES string of the molecule is Cc1ccc(C(C)C)c(OCC(=O)Nc2ccc(NC(=O)NC(C)C)cc2)c1. The van der Waals surface area contributed by atoms with Gasteiger partial charge in [0.15, 0.2) is 6.61 Å². The maximum absolute atomic E-state index is 12.2. The molecule has 0 fully saturated rings. The summed E-state index contributed by atoms with van der Waals surface area (Å²) in [4.78, 5) is 23.9. The average molecular weight is 383 g/mol. The molecule has 2 aromatic rings. The van der Waals surface area contributed by atoms with Crippen LogP contribution in [0, 0.1) is 6.92 Å². The predicted octanol–water partition coefficient (Wildman–Crippen LogP) is 4.67. The standard InChI is InChI=1S/C22H29N3O3/c1-14(2)19-11-6-16(5)12-20(19)28-13-21(26)24-17-7-9-18(10-8-17)25-22(27)23-15(3)4/h6-12,14-15H,13H2,1-5H3,(H,24,26)(H2,23,25,27). The summed E-state index contributed by atoms with van der Waals surface area (Å²) in [6.07, 6.45) is 0. The van der Waals surface area contributed by atoms with Gasteiger partial charge in [-0.25, -0.2) is 4.79 Å². The molecule has 0 aliphatic rings. The van der Waals surface area contributed by atoms with Gasteiger partial charge in [-0.1, -0.05) is 26.0 Å². The number of hydrogen-bond donors (Lipinski definition) is 3. The van der Waals surface area contributed by atoms with Gasteiger partial charge in [-0.15, -0.1) is 0 Å². The first-order chi connectivity index (χ1) is 13.2. The molecule has 0 radical (unpaired) electrons. The Bertz CT molecular complexity index is 814. The first-order valence-electron chi connectivity index (χ1n) is 9.45. The number of benzene rings is 2. The van der Waals surface area contributed by atoms with Crippen molar-refractivity contribution in [1.82, 2.24) is 5.32 Å². The second kappa shape index (κ2) is 9.78. The molecule has 0 bridgehead atoms. The molecule has 28 heavy (non-hydrogen) atoms. The quantitative estimate of drug-likeness (QED) is 0.650. The third kappa shape index (κ3) is 6.61. The van der Waals surface area contributed by atoms with Crippen molar-refractivity contribution in [3.05, 3.63) is 53.6 Å². The molecule has 2 aromatic carbocycles. The van der Waals surface area contributed by atoms with E-state index in [-0.39, 0.29) is 24.6 Å². The topological polar surface area (TPSA) is 79.5 Å². The molecular weight excluding hydrogens is 354 g/mol. The van der Waals surface area contributed by atoms with Crippen LogP contribution in [-0.2, 0) is 4.79 Å². The number of rotatable bonds is 7. The zero-order valence-electron chi connectivity index (χ0n) is 17.1. The summed E-state index contributed by atoms with van der Waals surface area (Å²) in [5.74, 6) is 0.807. The van der Waals surface area contributed by atoms with Crippen LogP contribution >= 0.6 is 0 Å². The van der Waals surface area contributed by atoms with E-state index >= 15 is 0 Å². The molecule has 0 saturated heterocycles. The maximum atomic E-state index is 12.2. The fourth-order valence-corrected chi connectivity index (χ4v) is 2.65. The first-order valence-corrected chi connectivity index (χ1v) is 9.45. The van der Waals surface area contributed by atoms with Gasteiger partial charge in [0.2, 0.25) is 0 Å². The minimum atomic E-state index is -0.265. The maximum Gasteiger partial charge on any atom is 0.319 e. The highest BCUT2D eigenvalue weighted by atomic mass is 16.5. The number of ether oxygens (including phenoxy) is 1. The molecule has 2 rings (SSSR count). The van der Waals surface area contributed by atoms with Crippen LogP contribution in [0.25, 0.3) is 0 Å². The lowest BCUT2D eigenvalue weighted by molar-refractivity contribution is -0.118. The van der Waals surface area contributed by atoms with E-state index in [1.54, 1.807) is 24.3 Å². The lowest BCUT2D eigenvalue weighted by atomic mass is 10.0. The first kappa shape index (κ1) is 21.3. The highest BCUT2D eigenvalue weighted by Gasteiger charge is 2.11. The van der Waals surface area contributed by atoms with Crippen molar-refractivity contribution in [3.63, 3.8) is 0 Å². The van der Waals surface area contributed by atoms with Gasteiger partial charge >= 0.3 is 6.03 Å². The van der Waals surface area contributed by atoms with Crippen molar-refractivity contribution in [2.75, 3.05) is 17.2 Å². The lowest BCUT2D eigenvalue weighted by Gasteiger charge is -2.15. The summed E-state index contributed by atoms with van der Waals surface area (Å²) >= 11 is 0. The van der Waals surface area contributed by atoms with E-state index in [9.17, 15) is 9.59 Å². The van der Waals surface area contributed by atoms with Crippen molar-refractivity contribution in [3.8, 4) is 5.75 Å². The fraction of sp³-hybridized carbons (Fsp3) is 0.364. The predicted molar refractivity (Wildman–Crippen MR) is 113 cm³/mol. The van der Waals surface area contributed by atoms with E-state index in [0.717, 1.165) is 16.9 Å². The molecule has 0 aromatic heterocycles. The Morgan fingerprint density at radius 2 is 1.54 bits per heavy atom. The molecule has 0 aliphatic heterocycles. The van der Waals surface area contributed by atoms with Gasteiger partial charge in [0, 0.05) is 17.4 Å². The third-order valence-electron chi connectivity index (χ3n) is 4.00. The largest absolute Gasteiger partial charge is 0.483 e. The zero-order valence-corrected chi connectivity index (χ0v) is 17.1. The van der Waals surface area contributed by atoms with Crippen LogP contribution in [0.4, 0.5) is 16.2 Å². The summed E-state index contributed by atoms with van der Waals surface area (Å²) in [6.45, 7) is 9.89. The Morgan fingerprint density at radius 3 is 2.11 bits per heavy atom. The van der Waals surface area contributed by atoms with Gasteiger partial charge < -0.3 is 20.7 Å². The molecule has 0 heterocycles. The minimum absolute atomic E-state index is 0.0585. The van der Waals surface area contributed by atoms with Crippen LogP contribution in [-0.4, -0.2) is 24.6 Å². The summed E-state index contributed by atoms with van der Waals surface area (Å²) in [6, 6.07) is 12.7. The van der Waals surface area contributed by atoms with E-state index < -0.39 is 0 Å². The molecule has 0 aliphatic carbocycles. The van der Waals surface area contributed by atoms with Crippen molar-refractivity contribution >= 4 is 23.3 Å². The summed E-state index contributed by atoms with van der Waals surface area (Å²) in [5.41, 5.74) is 3.45. The summed E-state index contributed by atoms with van der Waals surface area (Å²) in [5, 5.41) is 8.28. The highest BCUT2D eigenvalue weighted by Crippen LogP contribution is 2.27.